The van der Waals surface area contributed by atoms with Crippen LogP contribution in [-0.2, 0) is 34.2 Å². The van der Waals surface area contributed by atoms with Crippen LogP contribution in [0.1, 0.15) is 54.5 Å². The summed E-state index contributed by atoms with van der Waals surface area (Å²) >= 11 is 0. The fraction of sp³-hybridized carbons (Fsp3) is 0.435. The first kappa shape index (κ1) is 22.4. The molecule has 0 radical (unpaired) electrons. The van der Waals surface area contributed by atoms with Gasteiger partial charge in [-0.2, -0.15) is 4.31 Å². The molecular weight excluding hydrogens is 403 g/mol. The summed E-state index contributed by atoms with van der Waals surface area (Å²) in [6, 6.07) is 12.1. The molecule has 0 saturated heterocycles. The van der Waals surface area contributed by atoms with Crippen LogP contribution in [0.2, 0.25) is 0 Å². The van der Waals surface area contributed by atoms with E-state index in [0.29, 0.717) is 6.42 Å². The molecule has 1 N–H and O–H groups in total. The van der Waals surface area contributed by atoms with Crippen LogP contribution in [0.15, 0.2) is 42.5 Å². The zero-order valence-corrected chi connectivity index (χ0v) is 18.3. The highest BCUT2D eigenvalue weighted by atomic mass is 32.2. The lowest BCUT2D eigenvalue weighted by Gasteiger charge is -2.24. The number of fused-ring (bicyclic) bond motifs is 1. The predicted octanol–water partition coefficient (Wildman–Crippen LogP) is 3.73. The summed E-state index contributed by atoms with van der Waals surface area (Å²) < 4.78 is 39.4. The van der Waals surface area contributed by atoms with Crippen molar-refractivity contribution in [3.8, 4) is 0 Å². The standard InChI is InChI=1S/C23H29FN2O3S/c1-3-22(19-13-12-17-8-4-5-9-18(17)14-19)25-23(27)16-26(30(2,28)29)15-20-10-6-7-11-21(20)24/h6-7,10-14,22H,3-5,8-9,15-16H2,1-2H3,(H,25,27)/t22-/m0/s1. The summed E-state index contributed by atoms with van der Waals surface area (Å²) in [6.07, 6.45) is 6.26. The Kier molecular flexibility index (Phi) is 7.26. The molecule has 2 aromatic carbocycles. The van der Waals surface area contributed by atoms with Crippen molar-refractivity contribution in [3.05, 3.63) is 70.5 Å². The van der Waals surface area contributed by atoms with E-state index < -0.39 is 21.7 Å². The second-order valence-corrected chi connectivity index (χ2v) is 9.87. The van der Waals surface area contributed by atoms with E-state index in [9.17, 15) is 17.6 Å². The Labute approximate surface area is 178 Å². The molecule has 30 heavy (non-hydrogen) atoms. The lowest BCUT2D eigenvalue weighted by Crippen LogP contribution is -2.41. The number of hydrogen-bond acceptors (Lipinski definition) is 3. The van der Waals surface area contributed by atoms with Crippen molar-refractivity contribution in [2.75, 3.05) is 12.8 Å². The van der Waals surface area contributed by atoms with Crippen molar-refractivity contribution in [3.63, 3.8) is 0 Å². The van der Waals surface area contributed by atoms with Gasteiger partial charge in [-0.1, -0.05) is 43.3 Å². The van der Waals surface area contributed by atoms with Crippen LogP contribution in [0.3, 0.4) is 0 Å². The molecule has 162 valence electrons. The fourth-order valence-corrected chi connectivity index (χ4v) is 4.62. The molecular formula is C23H29FN2O3S. The summed E-state index contributed by atoms with van der Waals surface area (Å²) in [7, 11) is -3.69. The first-order chi connectivity index (χ1) is 14.3. The Morgan fingerprint density at radius 3 is 2.50 bits per heavy atom. The summed E-state index contributed by atoms with van der Waals surface area (Å²) in [5.41, 5.74) is 3.98. The Morgan fingerprint density at radius 1 is 1.13 bits per heavy atom. The molecule has 1 aliphatic rings. The lowest BCUT2D eigenvalue weighted by atomic mass is 9.89. The van der Waals surface area contributed by atoms with E-state index in [-0.39, 0.29) is 24.7 Å². The number of benzene rings is 2. The van der Waals surface area contributed by atoms with Crippen LogP contribution < -0.4 is 5.32 Å². The van der Waals surface area contributed by atoms with Crippen LogP contribution in [0.5, 0.6) is 0 Å². The maximum atomic E-state index is 14.0. The van der Waals surface area contributed by atoms with Gasteiger partial charge < -0.3 is 5.32 Å². The Morgan fingerprint density at radius 2 is 1.83 bits per heavy atom. The molecule has 0 saturated carbocycles. The average molecular weight is 433 g/mol. The van der Waals surface area contributed by atoms with Crippen LogP contribution in [0.25, 0.3) is 0 Å². The van der Waals surface area contributed by atoms with Crippen molar-refractivity contribution in [2.24, 2.45) is 0 Å². The number of nitrogens with one attached hydrogen (secondary N) is 1. The van der Waals surface area contributed by atoms with Crippen molar-refractivity contribution in [2.45, 2.75) is 51.6 Å². The van der Waals surface area contributed by atoms with Gasteiger partial charge in [-0.15, -0.1) is 0 Å². The highest BCUT2D eigenvalue weighted by molar-refractivity contribution is 7.88. The number of halogens is 1. The number of rotatable bonds is 8. The quantitative estimate of drug-likeness (QED) is 0.691. The molecule has 0 heterocycles. The largest absolute Gasteiger partial charge is 0.348 e. The van der Waals surface area contributed by atoms with Gasteiger partial charge in [0, 0.05) is 12.1 Å². The second kappa shape index (κ2) is 9.71. The van der Waals surface area contributed by atoms with Crippen molar-refractivity contribution < 1.29 is 17.6 Å². The number of amides is 1. The molecule has 1 atom stereocenters. The molecule has 1 amide bonds. The van der Waals surface area contributed by atoms with Gasteiger partial charge in [-0.3, -0.25) is 4.79 Å². The average Bonchev–Trinajstić information content (AvgIpc) is 2.72. The van der Waals surface area contributed by atoms with E-state index in [1.54, 1.807) is 12.1 Å². The van der Waals surface area contributed by atoms with Gasteiger partial charge in [0.15, 0.2) is 0 Å². The Bertz CT molecular complexity index is 1010. The van der Waals surface area contributed by atoms with Gasteiger partial charge in [0.2, 0.25) is 15.9 Å². The number of nitrogens with zero attached hydrogens (tertiary/aromatic N) is 1. The highest BCUT2D eigenvalue weighted by Gasteiger charge is 2.23. The minimum absolute atomic E-state index is 0.186. The van der Waals surface area contributed by atoms with Crippen LogP contribution >= 0.6 is 0 Å². The zero-order chi connectivity index (χ0) is 21.7. The van der Waals surface area contributed by atoms with Crippen molar-refractivity contribution in [1.82, 2.24) is 9.62 Å². The molecule has 5 nitrogen and oxygen atoms in total. The van der Waals surface area contributed by atoms with Crippen molar-refractivity contribution >= 4 is 15.9 Å². The number of sulfonamides is 1. The number of carbonyl (C=O) groups excluding carboxylic acids is 1. The van der Waals surface area contributed by atoms with Gasteiger partial charge >= 0.3 is 0 Å². The minimum Gasteiger partial charge on any atom is -0.348 e. The van der Waals surface area contributed by atoms with E-state index in [0.717, 1.165) is 29.0 Å². The van der Waals surface area contributed by atoms with E-state index in [4.69, 9.17) is 0 Å². The molecule has 0 aromatic heterocycles. The highest BCUT2D eigenvalue weighted by Crippen LogP contribution is 2.26. The molecule has 1 aliphatic carbocycles. The summed E-state index contributed by atoms with van der Waals surface area (Å²) in [4.78, 5) is 12.7. The molecule has 0 unspecified atom stereocenters. The molecule has 0 bridgehead atoms. The third-order valence-electron chi connectivity index (χ3n) is 5.61. The van der Waals surface area contributed by atoms with Crippen molar-refractivity contribution in [1.29, 1.82) is 0 Å². The minimum atomic E-state index is -3.69. The van der Waals surface area contributed by atoms with E-state index in [1.165, 1.54) is 36.1 Å². The van der Waals surface area contributed by atoms with E-state index in [2.05, 4.69) is 17.4 Å². The second-order valence-electron chi connectivity index (χ2n) is 7.89. The van der Waals surface area contributed by atoms with E-state index >= 15 is 0 Å². The van der Waals surface area contributed by atoms with Gasteiger partial charge in [0.05, 0.1) is 18.8 Å². The smallest absolute Gasteiger partial charge is 0.235 e. The molecule has 0 spiro atoms. The maximum Gasteiger partial charge on any atom is 0.235 e. The first-order valence-electron chi connectivity index (χ1n) is 10.4. The van der Waals surface area contributed by atoms with Crippen LogP contribution in [-0.4, -0.2) is 31.4 Å². The number of aryl methyl sites for hydroxylation is 2. The topological polar surface area (TPSA) is 66.5 Å². The predicted molar refractivity (Wildman–Crippen MR) is 116 cm³/mol. The molecule has 0 fully saturated rings. The first-order valence-corrected chi connectivity index (χ1v) is 12.2. The Hall–Kier alpha value is -2.25. The SMILES string of the molecule is CC[C@H](NC(=O)CN(Cc1ccccc1F)S(C)(=O)=O)c1ccc2c(c1)CCCC2. The van der Waals surface area contributed by atoms with Crippen LogP contribution in [0.4, 0.5) is 4.39 Å². The van der Waals surface area contributed by atoms with Gasteiger partial charge in [-0.05, 0) is 54.9 Å². The fourth-order valence-electron chi connectivity index (χ4n) is 3.90. The van der Waals surface area contributed by atoms with Gasteiger partial charge in [-0.25, -0.2) is 12.8 Å². The summed E-state index contributed by atoms with van der Waals surface area (Å²) in [5, 5.41) is 2.95. The lowest BCUT2D eigenvalue weighted by molar-refractivity contribution is -0.122. The molecule has 7 heteroatoms. The molecule has 3 rings (SSSR count). The molecule has 2 aromatic rings. The summed E-state index contributed by atoms with van der Waals surface area (Å²) in [5.74, 6) is -0.895. The number of carbonyl (C=O) groups is 1. The maximum absolute atomic E-state index is 14.0. The summed E-state index contributed by atoms with van der Waals surface area (Å²) in [6.45, 7) is 1.45. The normalized spacial score (nSPS) is 14.9. The number of hydrogen-bond donors (Lipinski definition) is 1. The third kappa shape index (κ3) is 5.67. The third-order valence-corrected chi connectivity index (χ3v) is 6.81. The Balaban J connectivity index is 1.71. The van der Waals surface area contributed by atoms with Crippen LogP contribution in [0, 0.1) is 5.82 Å². The molecule has 0 aliphatic heterocycles. The zero-order valence-electron chi connectivity index (χ0n) is 17.5. The van der Waals surface area contributed by atoms with Gasteiger partial charge in [0.25, 0.3) is 0 Å². The van der Waals surface area contributed by atoms with E-state index in [1.807, 2.05) is 13.0 Å². The monoisotopic (exact) mass is 432 g/mol. The van der Waals surface area contributed by atoms with Gasteiger partial charge in [0.1, 0.15) is 5.82 Å².